The second kappa shape index (κ2) is 5.29. The van der Waals surface area contributed by atoms with Crippen LogP contribution in [-0.2, 0) is 4.79 Å². The second-order valence-electron chi connectivity index (χ2n) is 5.31. The maximum atomic E-state index is 10.3. The van der Waals surface area contributed by atoms with Crippen molar-refractivity contribution < 1.29 is 4.79 Å². The van der Waals surface area contributed by atoms with Gasteiger partial charge < -0.3 is 0 Å². The van der Waals surface area contributed by atoms with E-state index in [4.69, 9.17) is 0 Å². The lowest BCUT2D eigenvalue weighted by Gasteiger charge is -2.32. The van der Waals surface area contributed by atoms with E-state index in [0.29, 0.717) is 0 Å². The summed E-state index contributed by atoms with van der Waals surface area (Å²) in [5, 5.41) is 0. The fourth-order valence-corrected chi connectivity index (χ4v) is 2.39. The number of rotatable bonds is 3. The molecule has 16 heavy (non-hydrogen) atoms. The first-order valence-electron chi connectivity index (χ1n) is 5.98. The number of carbonyl (C=O) groups excluding carboxylic acids is 1. The van der Waals surface area contributed by atoms with Crippen LogP contribution < -0.4 is 0 Å². The van der Waals surface area contributed by atoms with Crippen LogP contribution in [-0.4, -0.2) is 6.29 Å². The lowest BCUT2D eigenvalue weighted by molar-refractivity contribution is -0.104. The Labute approximate surface area is 98.9 Å². The molecule has 0 atom stereocenters. The molecule has 0 bridgehead atoms. The van der Waals surface area contributed by atoms with E-state index < -0.39 is 0 Å². The number of hydrogen-bond donors (Lipinski definition) is 0. The molecule has 0 radical (unpaired) electrons. The zero-order valence-corrected chi connectivity index (χ0v) is 10.8. The molecule has 1 aliphatic rings. The minimum atomic E-state index is 0.278. The van der Waals surface area contributed by atoms with Gasteiger partial charge in [-0.25, -0.2) is 0 Å². The normalized spacial score (nSPS) is 21.6. The summed E-state index contributed by atoms with van der Waals surface area (Å²) in [6, 6.07) is 0. The molecule has 0 unspecified atom stereocenters. The fourth-order valence-electron chi connectivity index (χ4n) is 2.39. The van der Waals surface area contributed by atoms with E-state index in [1.54, 1.807) is 6.08 Å². The van der Waals surface area contributed by atoms with Gasteiger partial charge in [-0.2, -0.15) is 0 Å². The second-order valence-corrected chi connectivity index (χ2v) is 5.31. The number of allylic oxidation sites excluding steroid dienone is 6. The largest absolute Gasteiger partial charge is 0.299 e. The molecule has 0 aliphatic heterocycles. The zero-order chi connectivity index (χ0) is 12.2. The molecule has 0 heterocycles. The highest BCUT2D eigenvalue weighted by Gasteiger charge is 2.26. The highest BCUT2D eigenvalue weighted by atomic mass is 16.1. The molecule has 1 nitrogen and oxygen atoms in total. The van der Waals surface area contributed by atoms with Gasteiger partial charge >= 0.3 is 0 Å². The third-order valence-electron chi connectivity index (χ3n) is 3.39. The Hall–Kier alpha value is -1.11. The van der Waals surface area contributed by atoms with Crippen LogP contribution in [0.3, 0.4) is 0 Å². The lowest BCUT2D eigenvalue weighted by atomic mass is 9.72. The quantitative estimate of drug-likeness (QED) is 0.394. The van der Waals surface area contributed by atoms with E-state index >= 15 is 0 Å². The predicted molar refractivity (Wildman–Crippen MR) is 69.3 cm³/mol. The summed E-state index contributed by atoms with van der Waals surface area (Å²) >= 11 is 0. The van der Waals surface area contributed by atoms with Crippen molar-refractivity contribution in [1.82, 2.24) is 0 Å². The van der Waals surface area contributed by atoms with Crippen LogP contribution in [0.15, 0.2) is 34.9 Å². The molecule has 0 saturated heterocycles. The van der Waals surface area contributed by atoms with Crippen molar-refractivity contribution in [3.05, 3.63) is 34.9 Å². The summed E-state index contributed by atoms with van der Waals surface area (Å²) in [6.45, 7) is 8.78. The van der Waals surface area contributed by atoms with Crippen molar-refractivity contribution in [2.24, 2.45) is 5.41 Å². The first kappa shape index (κ1) is 13.0. The Morgan fingerprint density at radius 1 is 1.38 bits per heavy atom. The number of hydrogen-bond acceptors (Lipinski definition) is 1. The minimum Gasteiger partial charge on any atom is -0.299 e. The molecule has 0 aromatic heterocycles. The molecule has 88 valence electrons. The fraction of sp³-hybridized carbons (Fsp3) is 0.533. The van der Waals surface area contributed by atoms with E-state index in [2.05, 4.69) is 26.8 Å². The Morgan fingerprint density at radius 2 is 2.06 bits per heavy atom. The van der Waals surface area contributed by atoms with Gasteiger partial charge in [0.15, 0.2) is 0 Å². The first-order valence-corrected chi connectivity index (χ1v) is 5.98. The molecule has 0 saturated carbocycles. The number of carbonyl (C=O) groups is 1. The van der Waals surface area contributed by atoms with Crippen molar-refractivity contribution in [3.63, 3.8) is 0 Å². The molecule has 1 heteroatoms. The maximum absolute atomic E-state index is 10.3. The van der Waals surface area contributed by atoms with Gasteiger partial charge in [0.25, 0.3) is 0 Å². The Morgan fingerprint density at radius 3 is 2.62 bits per heavy atom. The van der Waals surface area contributed by atoms with Crippen molar-refractivity contribution in [2.75, 3.05) is 0 Å². The summed E-state index contributed by atoms with van der Waals surface area (Å²) in [5.41, 5.74) is 4.22. The third kappa shape index (κ3) is 3.19. The highest BCUT2D eigenvalue weighted by molar-refractivity contribution is 5.67. The molecular formula is C15H22O. The van der Waals surface area contributed by atoms with Gasteiger partial charge in [-0.05, 0) is 55.7 Å². The molecule has 0 amide bonds. The molecule has 0 aromatic carbocycles. The minimum absolute atomic E-state index is 0.278. The van der Waals surface area contributed by atoms with Crippen LogP contribution in [0.5, 0.6) is 0 Å². The van der Waals surface area contributed by atoms with E-state index in [0.717, 1.165) is 11.9 Å². The summed E-state index contributed by atoms with van der Waals surface area (Å²) < 4.78 is 0. The van der Waals surface area contributed by atoms with E-state index in [9.17, 15) is 4.79 Å². The Bertz CT molecular complexity index is 354. The summed E-state index contributed by atoms with van der Waals surface area (Å²) in [6.07, 6.45) is 10.4. The van der Waals surface area contributed by atoms with Gasteiger partial charge in [0.2, 0.25) is 0 Å². The molecular weight excluding hydrogens is 196 g/mol. The van der Waals surface area contributed by atoms with Gasteiger partial charge in [-0.15, -0.1) is 0 Å². The van der Waals surface area contributed by atoms with E-state index in [1.165, 1.54) is 30.4 Å². The standard InChI is InChI=1S/C15H22O/c1-12(9-11-16)7-8-14-13(2)6-5-10-15(14,3)4/h7-9,11H,5-6,10H2,1-4H3/b8-7-,12-9-. The average Bonchev–Trinajstić information content (AvgIpc) is 2.16. The van der Waals surface area contributed by atoms with Crippen LogP contribution in [0.2, 0.25) is 0 Å². The van der Waals surface area contributed by atoms with Gasteiger partial charge in [0, 0.05) is 0 Å². The molecule has 0 spiro atoms. The topological polar surface area (TPSA) is 17.1 Å². The van der Waals surface area contributed by atoms with Crippen LogP contribution in [0, 0.1) is 5.41 Å². The van der Waals surface area contributed by atoms with Crippen LogP contribution in [0.1, 0.15) is 47.0 Å². The van der Waals surface area contributed by atoms with Crippen LogP contribution >= 0.6 is 0 Å². The SMILES string of the molecule is CC1=C(/C=C\C(C)=C/C=O)C(C)(C)CCC1. The van der Waals surface area contributed by atoms with Gasteiger partial charge in [0.05, 0.1) is 0 Å². The average molecular weight is 218 g/mol. The van der Waals surface area contributed by atoms with Crippen LogP contribution in [0.4, 0.5) is 0 Å². The summed E-state index contributed by atoms with van der Waals surface area (Å²) in [7, 11) is 0. The zero-order valence-electron chi connectivity index (χ0n) is 10.8. The van der Waals surface area contributed by atoms with Crippen molar-refractivity contribution in [1.29, 1.82) is 0 Å². The molecule has 1 aliphatic carbocycles. The number of aldehydes is 1. The van der Waals surface area contributed by atoms with Crippen molar-refractivity contribution in [2.45, 2.75) is 47.0 Å². The molecule has 0 aromatic rings. The summed E-state index contributed by atoms with van der Waals surface area (Å²) in [4.78, 5) is 10.3. The summed E-state index contributed by atoms with van der Waals surface area (Å²) in [5.74, 6) is 0. The Kier molecular flexibility index (Phi) is 4.28. The highest BCUT2D eigenvalue weighted by Crippen LogP contribution is 2.40. The van der Waals surface area contributed by atoms with Gasteiger partial charge in [-0.1, -0.05) is 31.6 Å². The van der Waals surface area contributed by atoms with E-state index in [-0.39, 0.29) is 5.41 Å². The Balaban J connectivity index is 2.93. The first-order chi connectivity index (χ1) is 7.47. The third-order valence-corrected chi connectivity index (χ3v) is 3.39. The predicted octanol–water partition coefficient (Wildman–Crippen LogP) is 4.21. The van der Waals surface area contributed by atoms with Crippen molar-refractivity contribution in [3.8, 4) is 0 Å². The lowest BCUT2D eigenvalue weighted by Crippen LogP contribution is -2.19. The van der Waals surface area contributed by atoms with Crippen molar-refractivity contribution >= 4 is 6.29 Å². The molecule has 0 N–H and O–H groups in total. The monoisotopic (exact) mass is 218 g/mol. The molecule has 1 rings (SSSR count). The van der Waals surface area contributed by atoms with Gasteiger partial charge in [-0.3, -0.25) is 4.79 Å². The smallest absolute Gasteiger partial charge is 0.143 e. The maximum Gasteiger partial charge on any atom is 0.143 e. The molecule has 0 fully saturated rings. The van der Waals surface area contributed by atoms with E-state index in [1.807, 2.05) is 13.0 Å². The van der Waals surface area contributed by atoms with Crippen LogP contribution in [0.25, 0.3) is 0 Å². The van der Waals surface area contributed by atoms with Gasteiger partial charge in [0.1, 0.15) is 6.29 Å².